The first-order valence-corrected chi connectivity index (χ1v) is 11.2. The van der Waals surface area contributed by atoms with Crippen LogP contribution in [0.15, 0.2) is 60.0 Å². The number of aromatic nitrogens is 3. The summed E-state index contributed by atoms with van der Waals surface area (Å²) >= 11 is 8.14. The molecule has 3 aromatic rings. The Kier molecular flexibility index (Phi) is 6.23. The van der Waals surface area contributed by atoms with Gasteiger partial charge in [-0.15, -0.1) is 0 Å². The van der Waals surface area contributed by atoms with Crippen LogP contribution in [0.25, 0.3) is 0 Å². The number of thioether (sulfide) groups is 1. The Morgan fingerprint density at radius 1 is 1.17 bits per heavy atom. The van der Waals surface area contributed by atoms with Crippen molar-refractivity contribution in [2.24, 2.45) is 0 Å². The van der Waals surface area contributed by atoms with Crippen molar-refractivity contribution in [3.05, 3.63) is 76.8 Å². The smallest absolute Gasteiger partial charge is 0.186 e. The molecule has 0 amide bonds. The summed E-state index contributed by atoms with van der Waals surface area (Å²) in [4.78, 5) is 4.42. The van der Waals surface area contributed by atoms with E-state index in [4.69, 9.17) is 16.3 Å². The summed E-state index contributed by atoms with van der Waals surface area (Å²) in [6.45, 7) is 2.68. The molecular weight excluding hydrogens is 409 g/mol. The summed E-state index contributed by atoms with van der Waals surface area (Å²) in [5.74, 6) is 0.733. The Morgan fingerprint density at radius 2 is 1.97 bits per heavy atom. The van der Waals surface area contributed by atoms with Crippen LogP contribution in [-0.2, 0) is 16.9 Å². The fourth-order valence-electron chi connectivity index (χ4n) is 3.55. The molecule has 0 aliphatic carbocycles. The maximum Gasteiger partial charge on any atom is 0.186 e. The SMILES string of the molecule is CCCCCSc1ncnn1C[C@@]1(c2ccc(F)cc2)O[C@@H]1c1ccccc1Cl. The fourth-order valence-corrected chi connectivity index (χ4v) is 4.70. The topological polar surface area (TPSA) is 43.2 Å². The predicted octanol–water partition coefficient (Wildman–Crippen LogP) is 6.02. The maximum absolute atomic E-state index is 13.5. The van der Waals surface area contributed by atoms with Crippen molar-refractivity contribution in [1.82, 2.24) is 14.8 Å². The first-order chi connectivity index (χ1) is 14.1. The van der Waals surface area contributed by atoms with E-state index in [-0.39, 0.29) is 11.9 Å². The molecule has 0 bridgehead atoms. The van der Waals surface area contributed by atoms with E-state index >= 15 is 0 Å². The van der Waals surface area contributed by atoms with Gasteiger partial charge in [-0.05, 0) is 30.2 Å². The third kappa shape index (κ3) is 4.34. The minimum Gasteiger partial charge on any atom is -0.354 e. The number of epoxide rings is 1. The van der Waals surface area contributed by atoms with Crippen LogP contribution in [0.4, 0.5) is 4.39 Å². The van der Waals surface area contributed by atoms with E-state index in [1.165, 1.54) is 25.0 Å². The van der Waals surface area contributed by atoms with Crippen LogP contribution in [0, 0.1) is 5.82 Å². The van der Waals surface area contributed by atoms with Crippen molar-refractivity contribution in [2.45, 2.75) is 49.6 Å². The van der Waals surface area contributed by atoms with Crippen LogP contribution >= 0.6 is 23.4 Å². The quantitative estimate of drug-likeness (QED) is 0.236. The van der Waals surface area contributed by atoms with Crippen molar-refractivity contribution >= 4 is 23.4 Å². The zero-order valence-electron chi connectivity index (χ0n) is 16.2. The highest BCUT2D eigenvalue weighted by Gasteiger charge is 2.59. The lowest BCUT2D eigenvalue weighted by atomic mass is 9.91. The third-order valence-electron chi connectivity index (χ3n) is 5.16. The number of ether oxygens (including phenoxy) is 1. The second-order valence-corrected chi connectivity index (χ2v) is 8.64. The summed E-state index contributed by atoms with van der Waals surface area (Å²) < 4.78 is 21.7. The first kappa shape index (κ1) is 20.4. The molecule has 7 heteroatoms. The van der Waals surface area contributed by atoms with Gasteiger partial charge in [0.2, 0.25) is 0 Å². The Labute approximate surface area is 179 Å². The number of nitrogens with zero attached hydrogens (tertiary/aromatic N) is 3. The van der Waals surface area contributed by atoms with Gasteiger partial charge in [-0.1, -0.05) is 73.5 Å². The van der Waals surface area contributed by atoms with Crippen LogP contribution in [0.3, 0.4) is 0 Å². The zero-order valence-corrected chi connectivity index (χ0v) is 17.8. The summed E-state index contributed by atoms with van der Waals surface area (Å²) in [5, 5.41) is 5.96. The van der Waals surface area contributed by atoms with Gasteiger partial charge in [-0.2, -0.15) is 5.10 Å². The van der Waals surface area contributed by atoms with Gasteiger partial charge in [-0.25, -0.2) is 14.1 Å². The second-order valence-electron chi connectivity index (χ2n) is 7.17. The minimum absolute atomic E-state index is 0.219. The van der Waals surface area contributed by atoms with E-state index in [0.29, 0.717) is 11.6 Å². The molecule has 2 atom stereocenters. The van der Waals surface area contributed by atoms with Gasteiger partial charge in [0.05, 0.1) is 6.54 Å². The molecule has 2 heterocycles. The summed E-state index contributed by atoms with van der Waals surface area (Å²) in [7, 11) is 0. The van der Waals surface area contributed by atoms with Crippen LogP contribution < -0.4 is 0 Å². The first-order valence-electron chi connectivity index (χ1n) is 9.83. The van der Waals surface area contributed by atoms with Gasteiger partial charge < -0.3 is 4.74 Å². The van der Waals surface area contributed by atoms with Crippen LogP contribution in [0.1, 0.15) is 43.4 Å². The molecule has 4 rings (SSSR count). The Balaban J connectivity index is 1.61. The Bertz CT molecular complexity index is 965. The van der Waals surface area contributed by atoms with Crippen molar-refractivity contribution < 1.29 is 9.13 Å². The molecule has 0 radical (unpaired) electrons. The van der Waals surface area contributed by atoms with E-state index in [1.807, 2.05) is 28.9 Å². The molecule has 0 unspecified atom stereocenters. The number of unbranched alkanes of at least 4 members (excludes halogenated alkanes) is 2. The zero-order chi connectivity index (χ0) is 20.3. The highest BCUT2D eigenvalue weighted by Crippen LogP contribution is 2.59. The van der Waals surface area contributed by atoms with Crippen molar-refractivity contribution in [3.63, 3.8) is 0 Å². The largest absolute Gasteiger partial charge is 0.354 e. The van der Waals surface area contributed by atoms with Crippen LogP contribution in [0.5, 0.6) is 0 Å². The standard InChI is InChI=1S/C22H23ClFN3OS/c1-2-3-6-13-29-21-25-15-26-27(21)14-22(16-9-11-17(24)12-10-16)20(28-22)18-7-4-5-8-19(18)23/h4-5,7-12,15,20H,2-3,6,13-14H2,1H3/t20-,22+/m1/s1. The molecule has 0 N–H and O–H groups in total. The molecule has 1 saturated heterocycles. The molecule has 1 aliphatic rings. The number of rotatable bonds is 9. The van der Waals surface area contributed by atoms with E-state index in [9.17, 15) is 4.39 Å². The predicted molar refractivity (Wildman–Crippen MR) is 114 cm³/mol. The average Bonchev–Trinajstić information content (AvgIpc) is 3.27. The number of benzene rings is 2. The van der Waals surface area contributed by atoms with E-state index < -0.39 is 5.60 Å². The summed E-state index contributed by atoms with van der Waals surface area (Å²) in [5.41, 5.74) is 1.18. The molecule has 0 saturated carbocycles. The summed E-state index contributed by atoms with van der Waals surface area (Å²) in [6, 6.07) is 14.2. The van der Waals surface area contributed by atoms with E-state index in [0.717, 1.165) is 28.5 Å². The lowest BCUT2D eigenvalue weighted by Gasteiger charge is -2.16. The van der Waals surface area contributed by atoms with Crippen LogP contribution in [-0.4, -0.2) is 20.5 Å². The lowest BCUT2D eigenvalue weighted by Crippen LogP contribution is -2.20. The third-order valence-corrected chi connectivity index (χ3v) is 6.57. The van der Waals surface area contributed by atoms with Gasteiger partial charge in [0.15, 0.2) is 5.16 Å². The van der Waals surface area contributed by atoms with Gasteiger partial charge in [-0.3, -0.25) is 0 Å². The average molecular weight is 432 g/mol. The van der Waals surface area contributed by atoms with Gasteiger partial charge in [0.1, 0.15) is 23.8 Å². The lowest BCUT2D eigenvalue weighted by molar-refractivity contribution is 0.256. The molecule has 1 fully saturated rings. The molecule has 152 valence electrons. The van der Waals surface area contributed by atoms with Gasteiger partial charge >= 0.3 is 0 Å². The molecule has 2 aromatic carbocycles. The normalized spacial score (nSPS) is 20.7. The maximum atomic E-state index is 13.5. The van der Waals surface area contributed by atoms with Crippen molar-refractivity contribution in [1.29, 1.82) is 0 Å². The molecule has 1 aliphatic heterocycles. The minimum atomic E-state index is -0.648. The molecule has 29 heavy (non-hydrogen) atoms. The van der Waals surface area contributed by atoms with Crippen molar-refractivity contribution in [3.8, 4) is 0 Å². The number of hydrogen-bond donors (Lipinski definition) is 0. The van der Waals surface area contributed by atoms with Gasteiger partial charge in [0.25, 0.3) is 0 Å². The fraction of sp³-hybridized carbons (Fsp3) is 0.364. The Hall–Kier alpha value is -1.89. The Morgan fingerprint density at radius 3 is 2.72 bits per heavy atom. The van der Waals surface area contributed by atoms with Crippen LogP contribution in [0.2, 0.25) is 5.02 Å². The highest BCUT2D eigenvalue weighted by molar-refractivity contribution is 7.99. The number of hydrogen-bond acceptors (Lipinski definition) is 4. The molecule has 1 aromatic heterocycles. The van der Waals surface area contributed by atoms with E-state index in [1.54, 1.807) is 30.2 Å². The number of halogens is 2. The van der Waals surface area contributed by atoms with Gasteiger partial charge in [0, 0.05) is 16.3 Å². The summed E-state index contributed by atoms with van der Waals surface area (Å²) in [6.07, 6.45) is 4.90. The monoisotopic (exact) mass is 431 g/mol. The molecule has 0 spiro atoms. The van der Waals surface area contributed by atoms with Crippen molar-refractivity contribution in [2.75, 3.05) is 5.75 Å². The highest BCUT2D eigenvalue weighted by atomic mass is 35.5. The molecular formula is C22H23ClFN3OS. The second kappa shape index (κ2) is 8.86. The van der Waals surface area contributed by atoms with E-state index in [2.05, 4.69) is 17.0 Å². The molecule has 4 nitrogen and oxygen atoms in total.